The summed E-state index contributed by atoms with van der Waals surface area (Å²) in [6.45, 7) is 3.04. The van der Waals surface area contributed by atoms with E-state index in [0.717, 1.165) is 25.1 Å². The van der Waals surface area contributed by atoms with Crippen LogP contribution in [0.4, 0.5) is 0 Å². The van der Waals surface area contributed by atoms with E-state index in [9.17, 15) is 0 Å². The van der Waals surface area contributed by atoms with Crippen molar-refractivity contribution in [2.75, 3.05) is 6.54 Å². The van der Waals surface area contributed by atoms with Crippen molar-refractivity contribution in [1.29, 1.82) is 0 Å². The van der Waals surface area contributed by atoms with Gasteiger partial charge >= 0.3 is 0 Å². The highest BCUT2D eigenvalue weighted by molar-refractivity contribution is 6.21. The van der Waals surface area contributed by atoms with E-state index in [0.29, 0.717) is 6.04 Å². The summed E-state index contributed by atoms with van der Waals surface area (Å²) in [7, 11) is 0. The van der Waals surface area contributed by atoms with Gasteiger partial charge in [0.2, 0.25) is 0 Å². The number of nitrogens with one attached hydrogen (secondary N) is 1. The average molecular weight is 294 g/mol. The molecule has 0 spiro atoms. The van der Waals surface area contributed by atoms with Crippen molar-refractivity contribution in [2.45, 2.75) is 63.0 Å². The lowest BCUT2D eigenvalue weighted by atomic mass is 10.1. The molecule has 1 aliphatic heterocycles. The van der Waals surface area contributed by atoms with Crippen molar-refractivity contribution in [3.8, 4) is 5.75 Å². The Morgan fingerprint density at radius 3 is 3.00 bits per heavy atom. The topological polar surface area (TPSA) is 21.3 Å². The third kappa shape index (κ3) is 3.29. The summed E-state index contributed by atoms with van der Waals surface area (Å²) in [6, 6.07) is 6.91. The van der Waals surface area contributed by atoms with Gasteiger partial charge in [0.05, 0.1) is 0 Å². The van der Waals surface area contributed by atoms with Crippen LogP contribution < -0.4 is 10.1 Å². The van der Waals surface area contributed by atoms with Crippen LogP contribution in [0.5, 0.6) is 5.75 Å². The quantitative estimate of drug-likeness (QED) is 0.675. The van der Waals surface area contributed by atoms with Crippen LogP contribution in [0.25, 0.3) is 0 Å². The predicted octanol–water partition coefficient (Wildman–Crippen LogP) is 3.83. The highest BCUT2D eigenvalue weighted by Gasteiger charge is 2.26. The summed E-state index contributed by atoms with van der Waals surface area (Å²) in [4.78, 5) is 0. The molecule has 2 aliphatic rings. The maximum absolute atomic E-state index is 6.48. The van der Waals surface area contributed by atoms with E-state index < -0.39 is 0 Å². The Bertz CT molecular complexity index is 462. The zero-order chi connectivity index (χ0) is 13.9. The van der Waals surface area contributed by atoms with Crippen LogP contribution in [0.15, 0.2) is 18.2 Å². The fraction of sp³-hybridized carbons (Fsp3) is 0.647. The molecule has 1 heterocycles. The van der Waals surface area contributed by atoms with Crippen LogP contribution in [-0.2, 0) is 6.42 Å². The highest BCUT2D eigenvalue weighted by atomic mass is 35.5. The molecule has 0 saturated heterocycles. The Hall–Kier alpha value is -0.730. The molecule has 0 aromatic heterocycles. The van der Waals surface area contributed by atoms with Crippen molar-refractivity contribution in [1.82, 2.24) is 5.32 Å². The molecule has 3 heteroatoms. The van der Waals surface area contributed by atoms with Crippen molar-refractivity contribution in [3.05, 3.63) is 29.3 Å². The number of benzene rings is 1. The van der Waals surface area contributed by atoms with E-state index in [1.54, 1.807) is 0 Å². The van der Waals surface area contributed by atoms with Crippen molar-refractivity contribution in [3.63, 3.8) is 0 Å². The summed E-state index contributed by atoms with van der Waals surface area (Å²) in [5.74, 6) is 1.06. The minimum Gasteiger partial charge on any atom is -0.488 e. The first-order valence-corrected chi connectivity index (χ1v) is 8.29. The van der Waals surface area contributed by atoms with E-state index in [-0.39, 0.29) is 11.5 Å². The molecule has 0 bridgehead atoms. The molecule has 3 atom stereocenters. The van der Waals surface area contributed by atoms with Gasteiger partial charge in [0.25, 0.3) is 0 Å². The van der Waals surface area contributed by atoms with Gasteiger partial charge < -0.3 is 10.1 Å². The van der Waals surface area contributed by atoms with Gasteiger partial charge in [-0.05, 0) is 31.4 Å². The monoisotopic (exact) mass is 293 g/mol. The first-order chi connectivity index (χ1) is 9.72. The first kappa shape index (κ1) is 14.2. The van der Waals surface area contributed by atoms with Crippen LogP contribution in [0.3, 0.4) is 0 Å². The molecule has 3 unspecified atom stereocenters. The molecule has 1 saturated carbocycles. The Kier molecular flexibility index (Phi) is 4.52. The molecule has 0 amide bonds. The molecule has 2 nitrogen and oxygen atoms in total. The van der Waals surface area contributed by atoms with E-state index >= 15 is 0 Å². The highest BCUT2D eigenvalue weighted by Crippen LogP contribution is 2.29. The predicted molar refractivity (Wildman–Crippen MR) is 83.8 cm³/mol. The van der Waals surface area contributed by atoms with Gasteiger partial charge in [-0.2, -0.15) is 0 Å². The molecule has 20 heavy (non-hydrogen) atoms. The summed E-state index contributed by atoms with van der Waals surface area (Å²) < 4.78 is 6.01. The Morgan fingerprint density at radius 2 is 2.10 bits per heavy atom. The van der Waals surface area contributed by atoms with Gasteiger partial charge in [0, 0.05) is 24.4 Å². The summed E-state index contributed by atoms with van der Waals surface area (Å²) in [5.41, 5.74) is 2.66. The van der Waals surface area contributed by atoms with E-state index in [1.165, 1.54) is 36.8 Å². The number of alkyl halides is 1. The average Bonchev–Trinajstić information content (AvgIpc) is 2.71. The van der Waals surface area contributed by atoms with Gasteiger partial charge in [-0.15, -0.1) is 11.6 Å². The van der Waals surface area contributed by atoms with E-state index in [4.69, 9.17) is 16.3 Å². The largest absolute Gasteiger partial charge is 0.488 e. The number of hydrogen-bond donors (Lipinski definition) is 1. The third-order valence-electron chi connectivity index (χ3n) is 4.50. The van der Waals surface area contributed by atoms with Gasteiger partial charge in [0.15, 0.2) is 0 Å². The molecule has 3 rings (SSSR count). The second-order valence-corrected chi connectivity index (χ2v) is 6.78. The fourth-order valence-corrected chi connectivity index (χ4v) is 3.71. The smallest absolute Gasteiger partial charge is 0.123 e. The maximum Gasteiger partial charge on any atom is 0.123 e. The SMILES string of the molecule is Cc1ccc2c(c1)CC(CNC1CCCCCC1Cl)O2. The van der Waals surface area contributed by atoms with Crippen molar-refractivity contribution in [2.24, 2.45) is 0 Å². The first-order valence-electron chi connectivity index (χ1n) is 7.86. The minimum atomic E-state index is 0.263. The molecular formula is C17H24ClNO. The second-order valence-electron chi connectivity index (χ2n) is 6.22. The summed E-state index contributed by atoms with van der Waals surface area (Å²) >= 11 is 6.48. The van der Waals surface area contributed by atoms with Gasteiger partial charge in [0.1, 0.15) is 11.9 Å². The second kappa shape index (κ2) is 6.36. The van der Waals surface area contributed by atoms with E-state index in [2.05, 4.69) is 30.4 Å². The molecule has 1 aromatic carbocycles. The number of aryl methyl sites for hydroxylation is 1. The normalized spacial score (nSPS) is 29.6. The molecule has 1 N–H and O–H groups in total. The van der Waals surface area contributed by atoms with E-state index in [1.807, 2.05) is 0 Å². The van der Waals surface area contributed by atoms with Crippen molar-refractivity contribution >= 4 is 11.6 Å². The minimum absolute atomic E-state index is 0.263. The number of fused-ring (bicyclic) bond motifs is 1. The molecule has 1 fully saturated rings. The van der Waals surface area contributed by atoms with Crippen LogP contribution in [-0.4, -0.2) is 24.1 Å². The van der Waals surface area contributed by atoms with Crippen LogP contribution >= 0.6 is 11.6 Å². The summed E-state index contributed by atoms with van der Waals surface area (Å²) in [5, 5.41) is 3.93. The Morgan fingerprint density at radius 1 is 1.25 bits per heavy atom. The third-order valence-corrected chi connectivity index (χ3v) is 5.02. The van der Waals surface area contributed by atoms with Crippen LogP contribution in [0.1, 0.15) is 43.2 Å². The fourth-order valence-electron chi connectivity index (χ4n) is 3.34. The molecule has 1 aliphatic carbocycles. The van der Waals surface area contributed by atoms with Crippen molar-refractivity contribution < 1.29 is 4.74 Å². The number of hydrogen-bond acceptors (Lipinski definition) is 2. The molecular weight excluding hydrogens is 270 g/mol. The Labute approximate surface area is 126 Å². The van der Waals surface area contributed by atoms with Gasteiger partial charge in [-0.3, -0.25) is 0 Å². The summed E-state index contributed by atoms with van der Waals surface area (Å²) in [6.07, 6.45) is 7.52. The molecule has 1 aromatic rings. The molecule has 0 radical (unpaired) electrons. The van der Waals surface area contributed by atoms with Crippen LogP contribution in [0.2, 0.25) is 0 Å². The standard InChI is InChI=1S/C17H24ClNO/c1-12-7-8-17-13(9-12)10-14(20-17)11-19-16-6-4-2-3-5-15(16)18/h7-9,14-16,19H,2-6,10-11H2,1H3. The maximum atomic E-state index is 6.48. The van der Waals surface area contributed by atoms with Crippen LogP contribution in [0, 0.1) is 6.92 Å². The van der Waals surface area contributed by atoms with Gasteiger partial charge in [-0.25, -0.2) is 0 Å². The Balaban J connectivity index is 1.53. The lowest BCUT2D eigenvalue weighted by Crippen LogP contribution is -2.41. The molecule has 110 valence electrons. The zero-order valence-corrected chi connectivity index (χ0v) is 13.0. The van der Waals surface area contributed by atoms with Gasteiger partial charge in [-0.1, -0.05) is 37.0 Å². The zero-order valence-electron chi connectivity index (χ0n) is 12.2. The lowest BCUT2D eigenvalue weighted by Gasteiger charge is -2.23. The number of rotatable bonds is 3. The lowest BCUT2D eigenvalue weighted by molar-refractivity contribution is 0.219. The number of ether oxygens (including phenoxy) is 1. The number of halogens is 1.